The van der Waals surface area contributed by atoms with Gasteiger partial charge in [0.1, 0.15) is 0 Å². The third kappa shape index (κ3) is 3.64. The number of hydrogen-bond donors (Lipinski definition) is 0. The van der Waals surface area contributed by atoms with Crippen LogP contribution in [0.2, 0.25) is 5.02 Å². The maximum atomic E-state index is 12.9. The van der Waals surface area contributed by atoms with E-state index in [0.29, 0.717) is 28.6 Å². The summed E-state index contributed by atoms with van der Waals surface area (Å²) in [6.45, 7) is 4.36. The first-order valence-electron chi connectivity index (χ1n) is 8.85. The molecule has 0 spiro atoms. The van der Waals surface area contributed by atoms with Gasteiger partial charge in [0, 0.05) is 38.3 Å². The molecule has 26 heavy (non-hydrogen) atoms. The first-order valence-corrected chi connectivity index (χ1v) is 9.23. The third-order valence-electron chi connectivity index (χ3n) is 4.80. The number of halogens is 1. The van der Waals surface area contributed by atoms with Gasteiger partial charge in [0.25, 0.3) is 5.91 Å². The van der Waals surface area contributed by atoms with Gasteiger partial charge < -0.3 is 14.4 Å². The van der Waals surface area contributed by atoms with E-state index in [2.05, 4.69) is 29.2 Å². The number of hydrogen-bond acceptors (Lipinski definition) is 4. The van der Waals surface area contributed by atoms with E-state index in [9.17, 15) is 4.79 Å². The van der Waals surface area contributed by atoms with Gasteiger partial charge >= 0.3 is 0 Å². The minimum atomic E-state index is -0.00763. The van der Waals surface area contributed by atoms with Crippen molar-refractivity contribution in [3.05, 3.63) is 58.6 Å². The molecule has 0 aromatic heterocycles. The van der Waals surface area contributed by atoms with Crippen molar-refractivity contribution in [3.63, 3.8) is 0 Å². The Morgan fingerprint density at radius 2 is 1.88 bits per heavy atom. The second kappa shape index (κ2) is 7.56. The number of carbonyl (C=O) groups is 1. The fourth-order valence-corrected chi connectivity index (χ4v) is 3.71. The molecule has 0 atom stereocenters. The number of rotatable bonds is 3. The van der Waals surface area contributed by atoms with Gasteiger partial charge in [-0.2, -0.15) is 0 Å². The average Bonchev–Trinajstić information content (AvgIpc) is 3.02. The molecule has 0 saturated carbocycles. The smallest absolute Gasteiger partial charge is 0.254 e. The van der Waals surface area contributed by atoms with Crippen molar-refractivity contribution in [1.29, 1.82) is 0 Å². The molecule has 2 aliphatic heterocycles. The van der Waals surface area contributed by atoms with Crippen molar-refractivity contribution < 1.29 is 14.3 Å². The normalized spacial score (nSPS) is 17.2. The summed E-state index contributed by atoms with van der Waals surface area (Å²) < 4.78 is 10.7. The first-order chi connectivity index (χ1) is 12.7. The highest BCUT2D eigenvalue weighted by atomic mass is 35.5. The Labute approximate surface area is 158 Å². The van der Waals surface area contributed by atoms with Crippen LogP contribution in [-0.4, -0.2) is 48.7 Å². The molecule has 2 aromatic carbocycles. The number of ether oxygens (including phenoxy) is 2. The minimum Gasteiger partial charge on any atom is -0.454 e. The topological polar surface area (TPSA) is 42.0 Å². The molecule has 0 aliphatic carbocycles. The molecule has 4 rings (SSSR count). The van der Waals surface area contributed by atoms with E-state index in [4.69, 9.17) is 21.1 Å². The second-order valence-electron chi connectivity index (χ2n) is 6.60. The van der Waals surface area contributed by atoms with Crippen LogP contribution in [-0.2, 0) is 6.54 Å². The van der Waals surface area contributed by atoms with Crippen LogP contribution in [0.25, 0.3) is 0 Å². The summed E-state index contributed by atoms with van der Waals surface area (Å²) in [5.74, 6) is 1.06. The summed E-state index contributed by atoms with van der Waals surface area (Å²) in [6.07, 6.45) is 0.955. The van der Waals surface area contributed by atoms with Gasteiger partial charge in [-0.15, -0.1) is 0 Å². The Bertz CT molecular complexity index is 797. The predicted molar refractivity (Wildman–Crippen MR) is 99.8 cm³/mol. The van der Waals surface area contributed by atoms with Crippen molar-refractivity contribution in [2.45, 2.75) is 13.0 Å². The predicted octanol–water partition coefficient (Wildman–Crippen LogP) is 3.42. The molecule has 0 radical (unpaired) electrons. The van der Waals surface area contributed by atoms with Crippen LogP contribution in [0.4, 0.5) is 0 Å². The zero-order chi connectivity index (χ0) is 17.9. The van der Waals surface area contributed by atoms with E-state index in [1.807, 2.05) is 11.0 Å². The van der Waals surface area contributed by atoms with Gasteiger partial charge in [-0.25, -0.2) is 0 Å². The first kappa shape index (κ1) is 17.2. The monoisotopic (exact) mass is 372 g/mol. The zero-order valence-corrected chi connectivity index (χ0v) is 15.2. The Morgan fingerprint density at radius 1 is 1.04 bits per heavy atom. The molecular formula is C20H21ClN2O3. The minimum absolute atomic E-state index is 0.00763. The van der Waals surface area contributed by atoms with Gasteiger partial charge in [-0.1, -0.05) is 41.9 Å². The van der Waals surface area contributed by atoms with Crippen LogP contribution in [0.15, 0.2) is 42.5 Å². The highest BCUT2D eigenvalue weighted by molar-refractivity contribution is 6.32. The summed E-state index contributed by atoms with van der Waals surface area (Å²) >= 11 is 6.22. The highest BCUT2D eigenvalue weighted by Gasteiger charge is 2.25. The van der Waals surface area contributed by atoms with Crippen LogP contribution in [0.1, 0.15) is 22.3 Å². The average molecular weight is 373 g/mol. The van der Waals surface area contributed by atoms with Crippen LogP contribution in [0.3, 0.4) is 0 Å². The molecule has 2 heterocycles. The summed E-state index contributed by atoms with van der Waals surface area (Å²) in [4.78, 5) is 17.2. The van der Waals surface area contributed by atoms with Gasteiger partial charge in [-0.3, -0.25) is 9.69 Å². The molecule has 6 heteroatoms. The lowest BCUT2D eigenvalue weighted by Crippen LogP contribution is -2.35. The quantitative estimate of drug-likeness (QED) is 0.828. The summed E-state index contributed by atoms with van der Waals surface area (Å²) in [5.41, 5.74) is 1.85. The van der Waals surface area contributed by atoms with Gasteiger partial charge in [0.05, 0.1) is 5.02 Å². The number of amides is 1. The largest absolute Gasteiger partial charge is 0.454 e. The van der Waals surface area contributed by atoms with Crippen molar-refractivity contribution in [3.8, 4) is 11.5 Å². The Balaban J connectivity index is 1.42. The second-order valence-corrected chi connectivity index (χ2v) is 7.01. The van der Waals surface area contributed by atoms with E-state index in [0.717, 1.165) is 32.6 Å². The van der Waals surface area contributed by atoms with Crippen LogP contribution >= 0.6 is 11.6 Å². The fourth-order valence-electron chi connectivity index (χ4n) is 3.45. The Hall–Kier alpha value is -2.24. The number of fused-ring (bicyclic) bond motifs is 1. The van der Waals surface area contributed by atoms with Gasteiger partial charge in [0.15, 0.2) is 11.5 Å². The molecule has 2 aliphatic rings. The number of benzene rings is 2. The number of nitrogens with zero attached hydrogens (tertiary/aromatic N) is 2. The standard InChI is InChI=1S/C20H21ClN2O3/c21-17-11-16(12-18-19(17)26-14-25-18)20(24)23-8-4-7-22(9-10-23)13-15-5-2-1-3-6-15/h1-3,5-6,11-12H,4,7-10,13-14H2. The van der Waals surface area contributed by atoms with E-state index < -0.39 is 0 Å². The molecule has 1 saturated heterocycles. The molecular weight excluding hydrogens is 352 g/mol. The van der Waals surface area contributed by atoms with Gasteiger partial charge in [-0.05, 0) is 24.1 Å². The fraction of sp³-hybridized carbons (Fsp3) is 0.350. The molecule has 1 fully saturated rings. The summed E-state index contributed by atoms with van der Waals surface area (Å²) in [7, 11) is 0. The Morgan fingerprint density at radius 3 is 2.73 bits per heavy atom. The molecule has 0 N–H and O–H groups in total. The lowest BCUT2D eigenvalue weighted by Gasteiger charge is -2.22. The van der Waals surface area contributed by atoms with Crippen LogP contribution in [0.5, 0.6) is 11.5 Å². The van der Waals surface area contributed by atoms with Gasteiger partial charge in [0.2, 0.25) is 6.79 Å². The van der Waals surface area contributed by atoms with Crippen LogP contribution in [0, 0.1) is 0 Å². The molecule has 0 bridgehead atoms. The molecule has 5 nitrogen and oxygen atoms in total. The lowest BCUT2D eigenvalue weighted by molar-refractivity contribution is 0.0760. The van der Waals surface area contributed by atoms with Crippen molar-refractivity contribution in [1.82, 2.24) is 9.80 Å². The zero-order valence-electron chi connectivity index (χ0n) is 14.5. The van der Waals surface area contributed by atoms with Crippen molar-refractivity contribution in [2.24, 2.45) is 0 Å². The van der Waals surface area contributed by atoms with Crippen molar-refractivity contribution in [2.75, 3.05) is 33.0 Å². The van der Waals surface area contributed by atoms with E-state index in [-0.39, 0.29) is 12.7 Å². The van der Waals surface area contributed by atoms with E-state index >= 15 is 0 Å². The summed E-state index contributed by atoms with van der Waals surface area (Å²) in [5, 5.41) is 0.420. The molecule has 136 valence electrons. The molecule has 0 unspecified atom stereocenters. The maximum absolute atomic E-state index is 12.9. The van der Waals surface area contributed by atoms with Crippen molar-refractivity contribution >= 4 is 17.5 Å². The maximum Gasteiger partial charge on any atom is 0.254 e. The third-order valence-corrected chi connectivity index (χ3v) is 5.08. The van der Waals surface area contributed by atoms with Crippen LogP contribution < -0.4 is 9.47 Å². The molecule has 1 amide bonds. The number of carbonyl (C=O) groups excluding carboxylic acids is 1. The highest BCUT2D eigenvalue weighted by Crippen LogP contribution is 2.40. The van der Waals surface area contributed by atoms with E-state index in [1.54, 1.807) is 12.1 Å². The summed E-state index contributed by atoms with van der Waals surface area (Å²) in [6, 6.07) is 13.8. The Kier molecular flexibility index (Phi) is 5.00. The lowest BCUT2D eigenvalue weighted by atomic mass is 10.1. The SMILES string of the molecule is O=C(c1cc(Cl)c2c(c1)OCO2)N1CCCN(Cc2ccccc2)CC1. The molecule has 2 aromatic rings. The van der Waals surface area contributed by atoms with E-state index in [1.165, 1.54) is 5.56 Å².